The van der Waals surface area contributed by atoms with Crippen molar-refractivity contribution in [3.8, 4) is 0 Å². The molecule has 0 spiro atoms. The van der Waals surface area contributed by atoms with Gasteiger partial charge >= 0.3 is 6.03 Å². The van der Waals surface area contributed by atoms with Crippen molar-refractivity contribution in [3.05, 3.63) is 58.5 Å². The monoisotopic (exact) mass is 262 g/mol. The normalized spacial score (nSPS) is 17.1. The summed E-state index contributed by atoms with van der Waals surface area (Å²) in [5.74, 6) is -0.489. The first-order valence-corrected chi connectivity index (χ1v) is 6.39. The molecule has 1 aliphatic rings. The molecule has 0 bridgehead atoms. The Hall–Kier alpha value is -2.21. The Bertz CT molecular complexity index is 564. The first-order chi connectivity index (χ1) is 8.65. The summed E-state index contributed by atoms with van der Waals surface area (Å²) in [4.78, 5) is 23.1. The zero-order valence-corrected chi connectivity index (χ0v) is 10.1. The fourth-order valence-electron chi connectivity index (χ4n) is 1.34. The van der Waals surface area contributed by atoms with Crippen molar-refractivity contribution in [2.45, 2.75) is 0 Å². The second-order valence-corrected chi connectivity index (χ2v) is 4.64. The van der Waals surface area contributed by atoms with E-state index >= 15 is 0 Å². The molecule has 3 amide bonds. The maximum absolute atomic E-state index is 11.6. The summed E-state index contributed by atoms with van der Waals surface area (Å²) in [5, 5.41) is 7.42. The Morgan fingerprint density at radius 2 is 1.83 bits per heavy atom. The van der Waals surface area contributed by atoms with Gasteiger partial charge in [-0.3, -0.25) is 14.3 Å². The summed E-state index contributed by atoms with van der Waals surface area (Å²) >= 11 is 0. The van der Waals surface area contributed by atoms with Gasteiger partial charge in [-0.25, -0.2) is 4.79 Å². The zero-order chi connectivity index (χ0) is 13.0. The molecule has 2 rings (SSSR count). The maximum atomic E-state index is 11.6. The van der Waals surface area contributed by atoms with Crippen LogP contribution in [0.1, 0.15) is 10.4 Å². The van der Waals surface area contributed by atoms with Crippen LogP contribution in [0.15, 0.2) is 52.9 Å². The average Bonchev–Trinajstić information content (AvgIpc) is 2.75. The quantitative estimate of drug-likeness (QED) is 0.842. The molecule has 18 heavy (non-hydrogen) atoms. The van der Waals surface area contributed by atoms with Crippen molar-refractivity contribution in [1.29, 1.82) is 0 Å². The number of urea groups is 1. The van der Waals surface area contributed by atoms with Crippen LogP contribution in [-0.4, -0.2) is 16.1 Å². The second kappa shape index (κ2) is 5.42. The smallest absolute Gasteiger partial charge is 0.307 e. The molecular formula is C12H10N2O3S. The molecule has 6 heteroatoms. The largest absolute Gasteiger partial charge is 0.326 e. The fraction of sp³-hybridized carbons (Fsp3) is 0. The van der Waals surface area contributed by atoms with Gasteiger partial charge in [-0.15, -0.1) is 0 Å². The van der Waals surface area contributed by atoms with Gasteiger partial charge < -0.3 is 5.32 Å². The summed E-state index contributed by atoms with van der Waals surface area (Å²) in [6.07, 6.45) is 1.52. The molecule has 0 radical (unpaired) electrons. The number of hydrogen-bond donors (Lipinski definition) is 2. The highest BCUT2D eigenvalue weighted by atomic mass is 32.2. The number of benzene rings is 1. The van der Waals surface area contributed by atoms with Gasteiger partial charge in [-0.1, -0.05) is 18.2 Å². The minimum atomic E-state index is -1.19. The van der Waals surface area contributed by atoms with Crippen molar-refractivity contribution < 1.29 is 13.8 Å². The van der Waals surface area contributed by atoms with E-state index in [0.29, 0.717) is 11.3 Å². The van der Waals surface area contributed by atoms with Crippen LogP contribution >= 0.6 is 0 Å². The molecule has 1 aromatic rings. The lowest BCUT2D eigenvalue weighted by atomic mass is 10.2. The van der Waals surface area contributed by atoms with E-state index in [4.69, 9.17) is 0 Å². The van der Waals surface area contributed by atoms with Crippen LogP contribution in [0.4, 0.5) is 4.79 Å². The minimum Gasteiger partial charge on any atom is -0.307 e. The molecule has 1 aromatic carbocycles. The summed E-state index contributed by atoms with van der Waals surface area (Å²) < 4.78 is 11.0. The molecule has 1 atom stereocenters. The Labute approximate surface area is 106 Å². The van der Waals surface area contributed by atoms with E-state index in [9.17, 15) is 13.8 Å². The van der Waals surface area contributed by atoms with Crippen LogP contribution < -0.4 is 10.6 Å². The zero-order valence-electron chi connectivity index (χ0n) is 9.25. The topological polar surface area (TPSA) is 75.3 Å². The minimum absolute atomic E-state index is 0.396. The number of nitrogens with one attached hydrogen (secondary N) is 2. The predicted molar refractivity (Wildman–Crippen MR) is 67.8 cm³/mol. The SMILES string of the molecule is O=C(NC(=O)c1ccccc1)NC1=CS(=O)C=C1. The molecule has 0 saturated heterocycles. The lowest BCUT2D eigenvalue weighted by Crippen LogP contribution is -2.38. The molecule has 0 saturated carbocycles. The third kappa shape index (κ3) is 3.14. The number of allylic oxidation sites excluding steroid dienone is 1. The first-order valence-electron chi connectivity index (χ1n) is 5.12. The van der Waals surface area contributed by atoms with Crippen molar-refractivity contribution in [3.63, 3.8) is 0 Å². The fourth-order valence-corrected chi connectivity index (χ4v) is 2.09. The summed E-state index contributed by atoms with van der Waals surface area (Å²) in [6, 6.07) is 7.74. The number of hydrogen-bond acceptors (Lipinski definition) is 3. The first kappa shape index (κ1) is 12.3. The van der Waals surface area contributed by atoms with Crippen molar-refractivity contribution >= 4 is 22.7 Å². The van der Waals surface area contributed by atoms with Gasteiger partial charge in [-0.05, 0) is 18.2 Å². The van der Waals surface area contributed by atoms with Crippen LogP contribution in [-0.2, 0) is 10.8 Å². The van der Waals surface area contributed by atoms with E-state index in [-0.39, 0.29) is 0 Å². The molecular weight excluding hydrogens is 252 g/mol. The van der Waals surface area contributed by atoms with E-state index in [1.54, 1.807) is 30.3 Å². The van der Waals surface area contributed by atoms with Crippen LogP contribution in [0.2, 0.25) is 0 Å². The van der Waals surface area contributed by atoms with Crippen LogP contribution in [0.25, 0.3) is 0 Å². The van der Waals surface area contributed by atoms with Crippen molar-refractivity contribution in [1.82, 2.24) is 10.6 Å². The third-order valence-electron chi connectivity index (χ3n) is 2.15. The molecule has 1 unspecified atom stereocenters. The number of carbonyl (C=O) groups excluding carboxylic acids is 2. The highest BCUT2D eigenvalue weighted by Gasteiger charge is 2.11. The average molecular weight is 262 g/mol. The van der Waals surface area contributed by atoms with Crippen molar-refractivity contribution in [2.24, 2.45) is 0 Å². The molecule has 5 nitrogen and oxygen atoms in total. The van der Waals surface area contributed by atoms with E-state index in [2.05, 4.69) is 10.6 Å². The van der Waals surface area contributed by atoms with Crippen molar-refractivity contribution in [2.75, 3.05) is 0 Å². The van der Waals surface area contributed by atoms with Gasteiger partial charge in [0, 0.05) is 16.4 Å². The molecule has 0 aromatic heterocycles. The molecule has 0 fully saturated rings. The van der Waals surface area contributed by atoms with E-state index in [1.807, 2.05) is 0 Å². The summed E-state index contributed by atoms with van der Waals surface area (Å²) in [5.41, 5.74) is 0.805. The number of imide groups is 1. The number of rotatable bonds is 2. The van der Waals surface area contributed by atoms with Gasteiger partial charge in [0.05, 0.1) is 16.5 Å². The Balaban J connectivity index is 1.92. The molecule has 1 aliphatic heterocycles. The van der Waals surface area contributed by atoms with Gasteiger partial charge in [-0.2, -0.15) is 0 Å². The highest BCUT2D eigenvalue weighted by Crippen LogP contribution is 2.05. The molecule has 0 aliphatic carbocycles. The number of amides is 3. The molecule has 92 valence electrons. The van der Waals surface area contributed by atoms with Crippen LogP contribution in [0, 0.1) is 0 Å². The van der Waals surface area contributed by atoms with Gasteiger partial charge in [0.25, 0.3) is 5.91 Å². The Morgan fingerprint density at radius 1 is 1.11 bits per heavy atom. The van der Waals surface area contributed by atoms with E-state index in [0.717, 1.165) is 0 Å². The molecule has 1 heterocycles. The summed E-state index contributed by atoms with van der Waals surface area (Å²) in [7, 11) is -1.19. The van der Waals surface area contributed by atoms with Gasteiger partial charge in [0.1, 0.15) is 0 Å². The Morgan fingerprint density at radius 3 is 2.44 bits per heavy atom. The highest BCUT2D eigenvalue weighted by molar-refractivity contribution is 7.91. The standard InChI is InChI=1S/C12H10N2O3S/c15-11(9-4-2-1-3-5-9)14-12(16)13-10-6-7-18(17)8-10/h1-8H,(H2,13,14,15,16). The number of carbonyl (C=O) groups is 2. The Kier molecular flexibility index (Phi) is 3.69. The lowest BCUT2D eigenvalue weighted by molar-refractivity contribution is 0.0964. The maximum Gasteiger partial charge on any atom is 0.326 e. The van der Waals surface area contributed by atoms with Crippen LogP contribution in [0.3, 0.4) is 0 Å². The third-order valence-corrected chi connectivity index (χ3v) is 3.04. The van der Waals surface area contributed by atoms with Gasteiger partial charge in [0.15, 0.2) is 0 Å². The van der Waals surface area contributed by atoms with E-state index < -0.39 is 22.7 Å². The predicted octanol–water partition coefficient (Wildman–Crippen LogP) is 1.24. The molecule has 2 N–H and O–H groups in total. The van der Waals surface area contributed by atoms with Crippen LogP contribution in [0.5, 0.6) is 0 Å². The second-order valence-electron chi connectivity index (χ2n) is 3.48. The van der Waals surface area contributed by atoms with Gasteiger partial charge in [0.2, 0.25) is 0 Å². The summed E-state index contributed by atoms with van der Waals surface area (Å²) in [6.45, 7) is 0. The lowest BCUT2D eigenvalue weighted by Gasteiger charge is -2.05. The van der Waals surface area contributed by atoms with E-state index in [1.165, 1.54) is 16.9 Å².